The van der Waals surface area contributed by atoms with E-state index in [1.807, 2.05) is 36.4 Å². The van der Waals surface area contributed by atoms with Gasteiger partial charge in [-0.15, -0.1) is 0 Å². The van der Waals surface area contributed by atoms with Gasteiger partial charge in [0.05, 0.1) is 16.3 Å². The zero-order valence-electron chi connectivity index (χ0n) is 23.4. The van der Waals surface area contributed by atoms with Gasteiger partial charge in [0.25, 0.3) is 5.69 Å². The van der Waals surface area contributed by atoms with Gasteiger partial charge in [0.2, 0.25) is 0 Å². The second kappa shape index (κ2) is 16.3. The number of aliphatic hydroxyl groups is 1. The van der Waals surface area contributed by atoms with Crippen LogP contribution in [0.3, 0.4) is 0 Å². The van der Waals surface area contributed by atoms with Crippen LogP contribution in [0.2, 0.25) is 0 Å². The van der Waals surface area contributed by atoms with Crippen LogP contribution in [0.25, 0.3) is 0 Å². The second-order valence-electron chi connectivity index (χ2n) is 10.2. The van der Waals surface area contributed by atoms with E-state index in [1.165, 1.54) is 17.2 Å². The van der Waals surface area contributed by atoms with Crippen LogP contribution in [-0.4, -0.2) is 51.1 Å². The molecule has 41 heavy (non-hydrogen) atoms. The van der Waals surface area contributed by atoms with Gasteiger partial charge < -0.3 is 10.4 Å². The van der Waals surface area contributed by atoms with E-state index in [-0.39, 0.29) is 17.2 Å². The van der Waals surface area contributed by atoms with Crippen LogP contribution in [0.5, 0.6) is 0 Å². The summed E-state index contributed by atoms with van der Waals surface area (Å²) >= 11 is 0. The molecule has 0 aliphatic rings. The van der Waals surface area contributed by atoms with Gasteiger partial charge in [0.1, 0.15) is 0 Å². The molecule has 0 unspecified atom stereocenters. The molecule has 0 spiro atoms. The first kappa shape index (κ1) is 30.0. The fourth-order valence-electron chi connectivity index (χ4n) is 4.82. The summed E-state index contributed by atoms with van der Waals surface area (Å²) in [7, 11) is 0. The second-order valence-corrected chi connectivity index (χ2v) is 10.2. The summed E-state index contributed by atoms with van der Waals surface area (Å²) in [6, 6.07) is 33.7. The standard InChI is InChI=1S/C33H39N5O3/c39-21-9-18-34-19-20-36(23-28-10-3-1-4-11-28)26-31-15-8-16-32(35-31)27-37(24-29-12-5-2-6-13-29)25-30-14-7-17-33(22-30)38(40)41/h1-8,10-17,22,34,39H,9,18-21,23-27H2. The minimum atomic E-state index is -0.348. The predicted octanol–water partition coefficient (Wildman–Crippen LogP) is 5.17. The first-order valence-electron chi connectivity index (χ1n) is 14.1. The predicted molar refractivity (Wildman–Crippen MR) is 162 cm³/mol. The molecule has 0 aliphatic carbocycles. The molecule has 0 atom stereocenters. The molecule has 1 heterocycles. The Hall–Kier alpha value is -3.95. The number of non-ortho nitro benzene ring substituents is 1. The summed E-state index contributed by atoms with van der Waals surface area (Å²) in [5.74, 6) is 0. The molecule has 4 rings (SSSR count). The number of nitrogens with zero attached hydrogens (tertiary/aromatic N) is 4. The number of nitro benzene ring substituents is 1. The van der Waals surface area contributed by atoms with Crippen LogP contribution in [0, 0.1) is 10.1 Å². The Morgan fingerprint density at radius 3 is 1.88 bits per heavy atom. The molecule has 214 valence electrons. The summed E-state index contributed by atoms with van der Waals surface area (Å²) in [6.45, 7) is 6.12. The van der Waals surface area contributed by atoms with Crippen LogP contribution < -0.4 is 5.32 Å². The van der Waals surface area contributed by atoms with Crippen molar-refractivity contribution in [1.29, 1.82) is 0 Å². The lowest BCUT2D eigenvalue weighted by Gasteiger charge is -2.24. The first-order chi connectivity index (χ1) is 20.1. The normalized spacial score (nSPS) is 11.3. The lowest BCUT2D eigenvalue weighted by Crippen LogP contribution is -2.32. The monoisotopic (exact) mass is 553 g/mol. The van der Waals surface area contributed by atoms with Crippen LogP contribution in [0.15, 0.2) is 103 Å². The summed E-state index contributed by atoms with van der Waals surface area (Å²) < 4.78 is 0. The molecule has 0 saturated heterocycles. The molecule has 0 aliphatic heterocycles. The van der Waals surface area contributed by atoms with E-state index < -0.39 is 0 Å². The number of benzene rings is 3. The van der Waals surface area contributed by atoms with Gasteiger partial charge in [-0.25, -0.2) is 0 Å². The third-order valence-electron chi connectivity index (χ3n) is 6.78. The summed E-state index contributed by atoms with van der Waals surface area (Å²) in [6.07, 6.45) is 0.748. The lowest BCUT2D eigenvalue weighted by atomic mass is 10.1. The quantitative estimate of drug-likeness (QED) is 0.106. The average molecular weight is 554 g/mol. The van der Waals surface area contributed by atoms with Crippen LogP contribution in [0.1, 0.15) is 34.5 Å². The van der Waals surface area contributed by atoms with Crippen molar-refractivity contribution in [2.75, 3.05) is 26.2 Å². The minimum Gasteiger partial charge on any atom is -0.396 e. The van der Waals surface area contributed by atoms with Crippen LogP contribution in [-0.2, 0) is 32.7 Å². The van der Waals surface area contributed by atoms with E-state index >= 15 is 0 Å². The third kappa shape index (κ3) is 10.5. The molecule has 8 nitrogen and oxygen atoms in total. The van der Waals surface area contributed by atoms with Gasteiger partial charge in [-0.3, -0.25) is 24.9 Å². The fourth-order valence-corrected chi connectivity index (χ4v) is 4.82. The molecular formula is C33H39N5O3. The van der Waals surface area contributed by atoms with Crippen LogP contribution in [0.4, 0.5) is 5.69 Å². The number of rotatable bonds is 17. The van der Waals surface area contributed by atoms with Crippen molar-refractivity contribution >= 4 is 5.69 Å². The maximum Gasteiger partial charge on any atom is 0.269 e. The minimum absolute atomic E-state index is 0.103. The lowest BCUT2D eigenvalue weighted by molar-refractivity contribution is -0.384. The van der Waals surface area contributed by atoms with E-state index in [4.69, 9.17) is 10.1 Å². The van der Waals surface area contributed by atoms with Crippen LogP contribution >= 0.6 is 0 Å². The van der Waals surface area contributed by atoms with E-state index in [2.05, 4.69) is 63.6 Å². The van der Waals surface area contributed by atoms with E-state index in [0.29, 0.717) is 26.2 Å². The number of aliphatic hydroxyl groups excluding tert-OH is 1. The largest absolute Gasteiger partial charge is 0.396 e. The number of aromatic nitrogens is 1. The maximum absolute atomic E-state index is 11.3. The smallest absolute Gasteiger partial charge is 0.269 e. The van der Waals surface area contributed by atoms with E-state index in [9.17, 15) is 10.1 Å². The van der Waals surface area contributed by atoms with Crippen molar-refractivity contribution in [2.45, 2.75) is 39.1 Å². The Kier molecular flexibility index (Phi) is 12.0. The molecule has 0 amide bonds. The zero-order chi connectivity index (χ0) is 28.7. The molecule has 3 aromatic carbocycles. The highest BCUT2D eigenvalue weighted by Gasteiger charge is 2.14. The highest BCUT2D eigenvalue weighted by atomic mass is 16.6. The maximum atomic E-state index is 11.3. The summed E-state index contributed by atoms with van der Waals surface area (Å²) in [4.78, 5) is 20.7. The van der Waals surface area contributed by atoms with E-state index in [0.717, 1.165) is 49.6 Å². The Bertz CT molecular complexity index is 1340. The average Bonchev–Trinajstić information content (AvgIpc) is 2.98. The molecular weight excluding hydrogens is 514 g/mol. The molecule has 2 N–H and O–H groups in total. The van der Waals surface area contributed by atoms with Gasteiger partial charge in [-0.05, 0) is 41.8 Å². The number of nitro groups is 1. The molecule has 0 bridgehead atoms. The van der Waals surface area contributed by atoms with Crippen molar-refractivity contribution in [1.82, 2.24) is 20.1 Å². The van der Waals surface area contributed by atoms with Gasteiger partial charge >= 0.3 is 0 Å². The zero-order valence-corrected chi connectivity index (χ0v) is 23.4. The number of nitrogens with one attached hydrogen (secondary N) is 1. The van der Waals surface area contributed by atoms with Gasteiger partial charge in [-0.2, -0.15) is 0 Å². The molecule has 4 aromatic rings. The molecule has 1 aromatic heterocycles. The van der Waals surface area contributed by atoms with Crippen molar-refractivity contribution in [2.24, 2.45) is 0 Å². The summed E-state index contributed by atoms with van der Waals surface area (Å²) in [5.41, 5.74) is 5.40. The third-order valence-corrected chi connectivity index (χ3v) is 6.78. The molecule has 0 radical (unpaired) electrons. The Labute approximate surface area is 242 Å². The topological polar surface area (TPSA) is 94.8 Å². The van der Waals surface area contributed by atoms with Gasteiger partial charge in [-0.1, -0.05) is 78.9 Å². The van der Waals surface area contributed by atoms with E-state index in [1.54, 1.807) is 12.1 Å². The fraction of sp³-hybridized carbons (Fsp3) is 0.303. The van der Waals surface area contributed by atoms with Crippen molar-refractivity contribution in [3.05, 3.63) is 141 Å². The molecule has 8 heteroatoms. The first-order valence-corrected chi connectivity index (χ1v) is 14.1. The number of hydrogen-bond donors (Lipinski definition) is 2. The van der Waals surface area contributed by atoms with Crippen molar-refractivity contribution in [3.63, 3.8) is 0 Å². The molecule has 0 fully saturated rings. The number of hydrogen-bond acceptors (Lipinski definition) is 7. The highest BCUT2D eigenvalue weighted by molar-refractivity contribution is 5.34. The SMILES string of the molecule is O=[N+]([O-])c1cccc(CN(Cc2ccccc2)Cc2cccc(CN(CCNCCCO)Cc3ccccc3)n2)c1. The molecule has 0 saturated carbocycles. The van der Waals surface area contributed by atoms with Crippen molar-refractivity contribution < 1.29 is 10.0 Å². The van der Waals surface area contributed by atoms with Crippen molar-refractivity contribution in [3.8, 4) is 0 Å². The Balaban J connectivity index is 1.48. The van der Waals surface area contributed by atoms with Gasteiger partial charge in [0, 0.05) is 64.6 Å². The highest BCUT2D eigenvalue weighted by Crippen LogP contribution is 2.18. The Morgan fingerprint density at radius 2 is 1.24 bits per heavy atom. The Morgan fingerprint density at radius 1 is 0.683 bits per heavy atom. The van der Waals surface area contributed by atoms with Gasteiger partial charge in [0.15, 0.2) is 0 Å². The number of pyridine rings is 1. The summed E-state index contributed by atoms with van der Waals surface area (Å²) in [5, 5.41) is 23.8.